The molecule has 95 heavy (non-hydrogen) atoms. The molecule has 0 spiro atoms. The molecule has 0 saturated heterocycles. The molecule has 0 heterocycles. The van der Waals surface area contributed by atoms with Crippen molar-refractivity contribution in [2.24, 2.45) is 0 Å². The first-order chi connectivity index (χ1) is 43.0. The molecule has 6 nitrogen and oxygen atoms in total. The van der Waals surface area contributed by atoms with E-state index in [1.165, 1.54) is 48.2 Å². The maximum absolute atomic E-state index is 13.0. The van der Waals surface area contributed by atoms with Crippen molar-refractivity contribution in [2.75, 3.05) is 14.2 Å². The molecule has 0 fully saturated rings. The second-order valence-corrected chi connectivity index (χ2v) is 56.1. The maximum Gasteiger partial charge on any atom is 0.416 e. The maximum atomic E-state index is 13.0. The highest BCUT2D eigenvalue weighted by molar-refractivity contribution is 7.87. The zero-order chi connectivity index (χ0) is 73.4. The molecule has 25 heteroatoms. The molecule has 0 atom stereocenters. The van der Waals surface area contributed by atoms with E-state index in [0.717, 1.165) is 70.2 Å². The number of alkyl halides is 12. The third-order valence-electron chi connectivity index (χ3n) is 15.4. The Morgan fingerprint density at radius 1 is 0.379 bits per heavy atom. The Morgan fingerprint density at radius 3 is 1.16 bits per heavy atom. The molecule has 0 unspecified atom stereocenters. The minimum Gasteiger partial charge on any atom is -0.270 e. The molecule has 0 aliphatic carbocycles. The van der Waals surface area contributed by atoms with Crippen LogP contribution in [0.25, 0.3) is 0 Å². The van der Waals surface area contributed by atoms with Crippen LogP contribution >= 0.6 is 0 Å². The van der Waals surface area contributed by atoms with Crippen molar-refractivity contribution in [1.29, 1.82) is 0 Å². The zero-order valence-electron chi connectivity index (χ0n) is 58.0. The van der Waals surface area contributed by atoms with Gasteiger partial charge in [-0.15, -0.1) is 0 Å². The number of aryl methyl sites for hydroxylation is 1. The molecule has 0 amide bonds. The Hall–Kier alpha value is -5.40. The van der Waals surface area contributed by atoms with Crippen LogP contribution in [0.2, 0.25) is 97.2 Å². The summed E-state index contributed by atoms with van der Waals surface area (Å²) in [7, 11) is -13.3. The van der Waals surface area contributed by atoms with Gasteiger partial charge >= 0.3 is 24.7 Å². The Morgan fingerprint density at radius 2 is 0.779 bits per heavy atom. The van der Waals surface area contributed by atoms with Crippen LogP contribution in [0.15, 0.2) is 180 Å². The Balaban J connectivity index is 0.000000395. The van der Waals surface area contributed by atoms with E-state index in [9.17, 15) is 69.5 Å². The fourth-order valence-corrected chi connectivity index (χ4v) is 22.7. The molecule has 7 aromatic rings. The minimum absolute atomic E-state index is 0.163. The van der Waals surface area contributed by atoms with Crippen molar-refractivity contribution < 1.29 is 77.9 Å². The molecule has 7 aromatic carbocycles. The lowest BCUT2D eigenvalue weighted by Crippen LogP contribution is -2.47. The van der Waals surface area contributed by atoms with Crippen LogP contribution in [-0.2, 0) is 53.3 Å². The molecule has 0 N–H and O–H groups in total. The van der Waals surface area contributed by atoms with Crippen LogP contribution in [0.3, 0.4) is 0 Å². The smallest absolute Gasteiger partial charge is 0.270 e. The van der Waals surface area contributed by atoms with Crippen LogP contribution in [0.5, 0.6) is 0 Å². The summed E-state index contributed by atoms with van der Waals surface area (Å²) in [6.45, 7) is 37.4. The quantitative estimate of drug-likeness (QED) is 0.0613. The second-order valence-electron chi connectivity index (χ2n) is 27.8. The van der Waals surface area contributed by atoms with Gasteiger partial charge in [-0.2, -0.15) is 69.5 Å². The van der Waals surface area contributed by atoms with E-state index in [1.54, 1.807) is 78.9 Å². The van der Waals surface area contributed by atoms with Crippen molar-refractivity contribution in [2.45, 2.75) is 178 Å². The van der Waals surface area contributed by atoms with Gasteiger partial charge in [0, 0.05) is 0 Å². The lowest BCUT2D eigenvalue weighted by atomic mass is 10.0. The van der Waals surface area contributed by atoms with Gasteiger partial charge in [-0.1, -0.05) is 303 Å². The van der Waals surface area contributed by atoms with Crippen LogP contribution < -0.4 is 25.9 Å². The average molecular weight is 1460 g/mol. The number of hydrogen-bond donors (Lipinski definition) is 0. The summed E-state index contributed by atoms with van der Waals surface area (Å²) >= 11 is 0. The first kappa shape index (κ1) is 85.7. The highest BCUT2D eigenvalue weighted by Gasteiger charge is 2.38. The SMILES string of the molecule is COS(=O)(=O)c1ccc(C(C)C)cc1.COS(=O)(=O)c1ccccc1C(C)C.C[Si](C)(C)c1ccc(C(F)(F)F)cc1.C[Si](C)(C)c1cccc(C(F)(F)F)c1.C[Si](C)(C)c1ccccc1C(F)(F)F.Cc1cccc([Si](C)(C)CC[Si](C)(C)c2cccc(C(F)(F)F)c2)c1. The molecule has 7 rings (SSSR count). The van der Waals surface area contributed by atoms with E-state index < -0.39 is 108 Å². The fourth-order valence-electron chi connectivity index (χ4n) is 9.19. The second kappa shape index (κ2) is 34.4. The van der Waals surface area contributed by atoms with Gasteiger partial charge in [0.25, 0.3) is 20.2 Å². The van der Waals surface area contributed by atoms with Crippen LogP contribution in [0.1, 0.15) is 78.5 Å². The molecular formula is C70H94F12O6S2Si5. The number of hydrogen-bond acceptors (Lipinski definition) is 6. The van der Waals surface area contributed by atoms with Gasteiger partial charge < -0.3 is 0 Å². The lowest BCUT2D eigenvalue weighted by molar-refractivity contribution is -0.138. The highest BCUT2D eigenvalue weighted by atomic mass is 32.2. The van der Waals surface area contributed by atoms with E-state index in [4.69, 9.17) is 0 Å². The average Bonchev–Trinajstić information content (AvgIpc) is 0.833. The largest absolute Gasteiger partial charge is 0.416 e. The topological polar surface area (TPSA) is 86.7 Å². The first-order valence-corrected chi connectivity index (χ1v) is 50.3. The van der Waals surface area contributed by atoms with E-state index >= 15 is 0 Å². The molecule has 0 saturated carbocycles. The van der Waals surface area contributed by atoms with Gasteiger partial charge in [0.15, 0.2) is 0 Å². The van der Waals surface area contributed by atoms with Crippen molar-refractivity contribution >= 4 is 86.5 Å². The third kappa shape index (κ3) is 28.2. The third-order valence-corrected chi connectivity index (χ3v) is 31.5. The highest BCUT2D eigenvalue weighted by Crippen LogP contribution is 2.33. The number of rotatable bonds is 14. The molecule has 526 valence electrons. The van der Waals surface area contributed by atoms with Crippen LogP contribution in [0.4, 0.5) is 52.7 Å². The van der Waals surface area contributed by atoms with E-state index in [2.05, 4.69) is 99.2 Å². The van der Waals surface area contributed by atoms with Crippen molar-refractivity contribution in [1.82, 2.24) is 0 Å². The van der Waals surface area contributed by atoms with E-state index in [1.807, 2.05) is 65.3 Å². The molecule has 0 aliphatic heterocycles. The van der Waals surface area contributed by atoms with Gasteiger partial charge in [-0.3, -0.25) is 8.37 Å². The van der Waals surface area contributed by atoms with Crippen LogP contribution in [0, 0.1) is 6.92 Å². The van der Waals surface area contributed by atoms with Crippen molar-refractivity contribution in [3.63, 3.8) is 0 Å². The van der Waals surface area contributed by atoms with E-state index in [0.29, 0.717) is 11.1 Å². The Bertz CT molecular complexity index is 3660. The van der Waals surface area contributed by atoms with Gasteiger partial charge in [0.1, 0.15) is 0 Å². The summed E-state index contributed by atoms with van der Waals surface area (Å²) in [5, 5.41) is 4.70. The van der Waals surface area contributed by atoms with Crippen molar-refractivity contribution in [3.8, 4) is 0 Å². The van der Waals surface area contributed by atoms with Gasteiger partial charge in [-0.05, 0) is 53.3 Å². The van der Waals surface area contributed by atoms with Crippen LogP contribution in [-0.4, -0.2) is 71.4 Å². The molecule has 0 aromatic heterocycles. The summed E-state index contributed by atoms with van der Waals surface area (Å²) < 4.78 is 205. The lowest BCUT2D eigenvalue weighted by Gasteiger charge is -2.30. The summed E-state index contributed by atoms with van der Waals surface area (Å²) in [6.07, 6.45) is -16.9. The summed E-state index contributed by atoms with van der Waals surface area (Å²) in [6, 6.07) is 47.4. The zero-order valence-corrected chi connectivity index (χ0v) is 64.7. The fraction of sp³-hybridized carbons (Fsp3) is 0.400. The standard InChI is InChI=1S/C20H27F3Si2.3C10H13F3Si.2C10H14O3S/c1-16-8-6-10-18(14-16)24(2,3)12-13-25(4,5)19-11-7-9-17(15-19)20(21,22)23;1-14(2,3)9-6-4-8(5-7-9)10(11,12)13;1-14(2,3)9-6-4-5-8(7-9)10(11,12)13;1-14(2,3)9-7-5-4-6-8(9)10(11,12)13;1-8(2)9-4-6-10(7-5-9)14(11,12)13-3;1-8(2)9-6-4-5-7-10(9)14(11,12)13-3/h6-11,14-15H,12-13H2,1-5H3;3*4-7H,1-3H3;2*4-8H,1-3H3. The molecular weight excluding hydrogens is 1370 g/mol. The van der Waals surface area contributed by atoms with Crippen molar-refractivity contribution in [3.05, 3.63) is 209 Å². The predicted molar refractivity (Wildman–Crippen MR) is 379 cm³/mol. The van der Waals surface area contributed by atoms with Gasteiger partial charge in [0.2, 0.25) is 0 Å². The van der Waals surface area contributed by atoms with E-state index in [-0.39, 0.29) is 15.7 Å². The molecule has 0 aliphatic rings. The van der Waals surface area contributed by atoms with Gasteiger partial charge in [-0.25, -0.2) is 0 Å². The first-order valence-electron chi connectivity index (χ1n) is 30.6. The minimum atomic E-state index is -4.27. The number of halogens is 12. The summed E-state index contributed by atoms with van der Waals surface area (Å²) in [5.41, 5.74) is 1.05. The number of benzene rings is 7. The monoisotopic (exact) mass is 1460 g/mol. The Labute approximate surface area is 562 Å². The molecule has 0 bridgehead atoms. The van der Waals surface area contributed by atoms with Gasteiger partial charge in [0.05, 0.1) is 86.6 Å². The summed E-state index contributed by atoms with van der Waals surface area (Å²) in [4.78, 5) is 0.460. The predicted octanol–water partition coefficient (Wildman–Crippen LogP) is 19.6. The Kier molecular flexibility index (Phi) is 31.0. The summed E-state index contributed by atoms with van der Waals surface area (Å²) in [5.74, 6) is 0.561. The molecule has 0 radical (unpaired) electrons. The normalized spacial score (nSPS) is 12.7.